The van der Waals surface area contributed by atoms with Gasteiger partial charge in [0, 0.05) is 24.0 Å². The molecule has 17 heavy (non-hydrogen) atoms. The minimum absolute atomic E-state index is 0.448. The summed E-state index contributed by atoms with van der Waals surface area (Å²) < 4.78 is 0. The summed E-state index contributed by atoms with van der Waals surface area (Å²) in [5, 5.41) is 4.59. The van der Waals surface area contributed by atoms with Crippen molar-refractivity contribution in [1.82, 2.24) is 5.32 Å². The van der Waals surface area contributed by atoms with E-state index in [4.69, 9.17) is 11.6 Å². The molecule has 2 atom stereocenters. The molecule has 0 unspecified atom stereocenters. The van der Waals surface area contributed by atoms with Crippen molar-refractivity contribution in [1.29, 1.82) is 0 Å². The maximum Gasteiger partial charge on any atom is 0.0472 e. The molecule has 1 aromatic carbocycles. The van der Waals surface area contributed by atoms with Gasteiger partial charge < -0.3 is 5.32 Å². The Hall–Kier alpha value is -0.530. The molecule has 0 radical (unpaired) electrons. The van der Waals surface area contributed by atoms with Gasteiger partial charge >= 0.3 is 0 Å². The number of nitrogens with one attached hydrogen (secondary N) is 1. The summed E-state index contributed by atoms with van der Waals surface area (Å²) in [6, 6.07) is 4.56. The maximum atomic E-state index is 6.54. The van der Waals surface area contributed by atoms with Crippen molar-refractivity contribution in [3.8, 4) is 0 Å². The summed E-state index contributed by atoms with van der Waals surface area (Å²) >= 11 is 6.54. The standard InChI is InChI=1S/C15H20ClN/c1-3-10-4-5-11-12(14(10)16)6-7-15(2)9-17-8-13(11)15/h4-5,13,17H,3,6-9H2,1-2H3/t13-,15+/m0/s1. The van der Waals surface area contributed by atoms with Gasteiger partial charge in [0.05, 0.1) is 0 Å². The molecule has 1 N–H and O–H groups in total. The Labute approximate surface area is 109 Å². The predicted molar refractivity (Wildman–Crippen MR) is 72.9 cm³/mol. The van der Waals surface area contributed by atoms with Crippen molar-refractivity contribution >= 4 is 11.6 Å². The fourth-order valence-corrected chi connectivity index (χ4v) is 3.97. The molecule has 0 spiro atoms. The molecule has 0 saturated carbocycles. The van der Waals surface area contributed by atoms with Gasteiger partial charge in [0.1, 0.15) is 0 Å². The van der Waals surface area contributed by atoms with Gasteiger partial charge in [-0.3, -0.25) is 0 Å². The summed E-state index contributed by atoms with van der Waals surface area (Å²) in [6.45, 7) is 6.87. The average molecular weight is 250 g/mol. The first-order valence-electron chi connectivity index (χ1n) is 6.66. The van der Waals surface area contributed by atoms with Crippen LogP contribution in [0, 0.1) is 5.41 Å². The molecule has 2 heteroatoms. The van der Waals surface area contributed by atoms with Crippen LogP contribution in [0.2, 0.25) is 5.02 Å². The van der Waals surface area contributed by atoms with Crippen molar-refractivity contribution in [2.75, 3.05) is 13.1 Å². The third-order valence-corrected chi connectivity index (χ3v) is 5.25. The van der Waals surface area contributed by atoms with Gasteiger partial charge in [-0.1, -0.05) is 37.6 Å². The Morgan fingerprint density at radius 1 is 1.47 bits per heavy atom. The van der Waals surface area contributed by atoms with E-state index in [2.05, 4.69) is 31.3 Å². The van der Waals surface area contributed by atoms with E-state index in [9.17, 15) is 0 Å². The highest BCUT2D eigenvalue weighted by Crippen LogP contribution is 2.49. The number of aryl methyl sites for hydroxylation is 1. The Morgan fingerprint density at radius 2 is 2.29 bits per heavy atom. The fraction of sp³-hybridized carbons (Fsp3) is 0.600. The summed E-state index contributed by atoms with van der Waals surface area (Å²) in [4.78, 5) is 0. The summed E-state index contributed by atoms with van der Waals surface area (Å²) in [7, 11) is 0. The van der Waals surface area contributed by atoms with Gasteiger partial charge in [0.25, 0.3) is 0 Å². The lowest BCUT2D eigenvalue weighted by Crippen LogP contribution is -2.30. The lowest BCUT2D eigenvalue weighted by Gasteiger charge is -2.37. The number of hydrogen-bond donors (Lipinski definition) is 1. The second-order valence-electron chi connectivity index (χ2n) is 5.80. The second kappa shape index (κ2) is 4.00. The molecule has 92 valence electrons. The number of hydrogen-bond acceptors (Lipinski definition) is 1. The van der Waals surface area contributed by atoms with Crippen LogP contribution in [-0.4, -0.2) is 13.1 Å². The van der Waals surface area contributed by atoms with Crippen LogP contribution in [0.4, 0.5) is 0 Å². The molecule has 0 aromatic heterocycles. The highest BCUT2D eigenvalue weighted by Gasteiger charge is 2.43. The van der Waals surface area contributed by atoms with E-state index >= 15 is 0 Å². The molecule has 1 heterocycles. The summed E-state index contributed by atoms with van der Waals surface area (Å²) in [6.07, 6.45) is 3.45. The van der Waals surface area contributed by atoms with Gasteiger partial charge in [-0.15, -0.1) is 0 Å². The monoisotopic (exact) mass is 249 g/mol. The smallest absolute Gasteiger partial charge is 0.0472 e. The largest absolute Gasteiger partial charge is 0.316 e. The van der Waals surface area contributed by atoms with E-state index < -0.39 is 0 Å². The molecule has 1 aliphatic carbocycles. The Kier molecular flexibility index (Phi) is 2.72. The Morgan fingerprint density at radius 3 is 3.06 bits per heavy atom. The van der Waals surface area contributed by atoms with Crippen LogP contribution >= 0.6 is 11.6 Å². The predicted octanol–water partition coefficient (Wildman–Crippen LogP) is 3.54. The van der Waals surface area contributed by atoms with Crippen LogP contribution in [0.5, 0.6) is 0 Å². The number of rotatable bonds is 1. The molecule has 3 rings (SSSR count). The first-order valence-corrected chi connectivity index (χ1v) is 7.04. The number of fused-ring (bicyclic) bond motifs is 3. The normalized spacial score (nSPS) is 31.1. The number of halogens is 1. The average Bonchev–Trinajstić information content (AvgIpc) is 2.71. The molecule has 0 amide bonds. The molecule has 2 aliphatic rings. The van der Waals surface area contributed by atoms with E-state index in [0.717, 1.165) is 31.0 Å². The van der Waals surface area contributed by atoms with Crippen LogP contribution in [0.3, 0.4) is 0 Å². The number of benzene rings is 1. The fourth-order valence-electron chi connectivity index (χ4n) is 3.57. The van der Waals surface area contributed by atoms with Crippen LogP contribution in [0.15, 0.2) is 12.1 Å². The van der Waals surface area contributed by atoms with Crippen LogP contribution in [-0.2, 0) is 12.8 Å². The van der Waals surface area contributed by atoms with Crippen molar-refractivity contribution in [3.63, 3.8) is 0 Å². The van der Waals surface area contributed by atoms with E-state index in [1.807, 2.05) is 0 Å². The lowest BCUT2D eigenvalue weighted by molar-refractivity contribution is 0.277. The third-order valence-electron chi connectivity index (χ3n) is 4.78. The molecule has 1 fully saturated rings. The molecular weight excluding hydrogens is 230 g/mol. The molecule has 1 nitrogen and oxygen atoms in total. The van der Waals surface area contributed by atoms with Crippen molar-refractivity contribution in [2.45, 2.75) is 39.0 Å². The Balaban J connectivity index is 2.11. The highest BCUT2D eigenvalue weighted by atomic mass is 35.5. The zero-order valence-corrected chi connectivity index (χ0v) is 11.4. The third kappa shape index (κ3) is 1.63. The van der Waals surface area contributed by atoms with Gasteiger partial charge in [0.2, 0.25) is 0 Å². The first kappa shape index (κ1) is 11.6. The van der Waals surface area contributed by atoms with E-state index in [-0.39, 0.29) is 0 Å². The maximum absolute atomic E-state index is 6.54. The topological polar surface area (TPSA) is 12.0 Å². The molecule has 1 aromatic rings. The quantitative estimate of drug-likeness (QED) is 0.803. The first-order chi connectivity index (χ1) is 8.15. The minimum Gasteiger partial charge on any atom is -0.316 e. The summed E-state index contributed by atoms with van der Waals surface area (Å²) in [5.41, 5.74) is 4.69. The summed E-state index contributed by atoms with van der Waals surface area (Å²) in [5.74, 6) is 0.662. The van der Waals surface area contributed by atoms with Crippen LogP contribution in [0.25, 0.3) is 0 Å². The zero-order chi connectivity index (χ0) is 12.0. The minimum atomic E-state index is 0.448. The second-order valence-corrected chi connectivity index (χ2v) is 6.18. The van der Waals surface area contributed by atoms with Gasteiger partial charge in [-0.25, -0.2) is 0 Å². The molecule has 1 saturated heterocycles. The zero-order valence-electron chi connectivity index (χ0n) is 10.6. The van der Waals surface area contributed by atoms with Crippen LogP contribution in [0.1, 0.15) is 42.9 Å². The lowest BCUT2D eigenvalue weighted by atomic mass is 9.67. The molecule has 1 aliphatic heterocycles. The van der Waals surface area contributed by atoms with E-state index in [0.29, 0.717) is 11.3 Å². The van der Waals surface area contributed by atoms with Crippen LogP contribution < -0.4 is 5.32 Å². The van der Waals surface area contributed by atoms with E-state index in [1.54, 1.807) is 0 Å². The van der Waals surface area contributed by atoms with Crippen molar-refractivity contribution < 1.29 is 0 Å². The van der Waals surface area contributed by atoms with E-state index in [1.165, 1.54) is 23.1 Å². The highest BCUT2D eigenvalue weighted by molar-refractivity contribution is 6.32. The Bertz CT molecular complexity index is 454. The van der Waals surface area contributed by atoms with Crippen molar-refractivity contribution in [2.24, 2.45) is 5.41 Å². The SMILES string of the molecule is CCc1ccc2c(c1Cl)CC[C@]1(C)CNC[C@@H]21. The molecular formula is C15H20ClN. The molecule has 0 bridgehead atoms. The van der Waals surface area contributed by atoms with Gasteiger partial charge in [-0.05, 0) is 41.4 Å². The van der Waals surface area contributed by atoms with Gasteiger partial charge in [-0.2, -0.15) is 0 Å². The van der Waals surface area contributed by atoms with Crippen molar-refractivity contribution in [3.05, 3.63) is 33.8 Å². The van der Waals surface area contributed by atoms with Gasteiger partial charge in [0.15, 0.2) is 0 Å².